The molecule has 0 saturated carbocycles. The number of rotatable bonds is 3. The summed E-state index contributed by atoms with van der Waals surface area (Å²) in [7, 11) is 0. The summed E-state index contributed by atoms with van der Waals surface area (Å²) < 4.78 is 31.7. The standard InChI is InChI=1S/C12H12ClF2NO2/c1-12(5-18-6-12)4-16-11(17)7-2-10(15)8(13)3-9(7)14/h2-3H,4-6H2,1H3,(H,16,17). The quantitative estimate of drug-likeness (QED) is 0.860. The number of amides is 1. The van der Waals surface area contributed by atoms with Gasteiger partial charge in [0.2, 0.25) is 0 Å². The molecule has 0 aliphatic carbocycles. The molecule has 0 spiro atoms. The minimum Gasteiger partial charge on any atom is -0.380 e. The van der Waals surface area contributed by atoms with E-state index in [4.69, 9.17) is 16.3 Å². The van der Waals surface area contributed by atoms with Crippen molar-refractivity contribution in [1.29, 1.82) is 0 Å². The molecule has 1 fully saturated rings. The maximum absolute atomic E-state index is 13.5. The van der Waals surface area contributed by atoms with E-state index in [1.807, 2.05) is 6.92 Å². The van der Waals surface area contributed by atoms with Crippen LogP contribution in [0.3, 0.4) is 0 Å². The lowest BCUT2D eigenvalue weighted by atomic mass is 9.88. The fraction of sp³-hybridized carbons (Fsp3) is 0.417. The summed E-state index contributed by atoms with van der Waals surface area (Å²) in [6, 6.07) is 1.59. The topological polar surface area (TPSA) is 38.3 Å². The van der Waals surface area contributed by atoms with Crippen molar-refractivity contribution >= 4 is 17.5 Å². The van der Waals surface area contributed by atoms with Crippen LogP contribution in [0, 0.1) is 17.0 Å². The van der Waals surface area contributed by atoms with Gasteiger partial charge < -0.3 is 10.1 Å². The third kappa shape index (κ3) is 2.62. The van der Waals surface area contributed by atoms with Crippen LogP contribution in [-0.4, -0.2) is 25.7 Å². The molecule has 1 amide bonds. The van der Waals surface area contributed by atoms with Crippen molar-refractivity contribution in [2.75, 3.05) is 19.8 Å². The highest BCUT2D eigenvalue weighted by Crippen LogP contribution is 2.25. The molecule has 0 aromatic heterocycles. The number of halogens is 3. The molecule has 1 saturated heterocycles. The average Bonchev–Trinajstić information content (AvgIpc) is 2.28. The van der Waals surface area contributed by atoms with Gasteiger partial charge in [0, 0.05) is 12.0 Å². The van der Waals surface area contributed by atoms with E-state index in [0.29, 0.717) is 19.8 Å². The first-order valence-electron chi connectivity index (χ1n) is 5.42. The summed E-state index contributed by atoms with van der Waals surface area (Å²) in [6.45, 7) is 3.39. The highest BCUT2D eigenvalue weighted by Gasteiger charge is 2.33. The van der Waals surface area contributed by atoms with E-state index in [-0.39, 0.29) is 16.0 Å². The van der Waals surface area contributed by atoms with Crippen LogP contribution in [0.15, 0.2) is 12.1 Å². The first-order valence-corrected chi connectivity index (χ1v) is 5.80. The Kier molecular flexibility index (Phi) is 3.54. The number of hydrogen-bond acceptors (Lipinski definition) is 2. The number of hydrogen-bond donors (Lipinski definition) is 1. The molecule has 1 aliphatic heterocycles. The zero-order valence-corrected chi connectivity index (χ0v) is 10.5. The fourth-order valence-corrected chi connectivity index (χ4v) is 1.79. The zero-order chi connectivity index (χ0) is 13.3. The maximum Gasteiger partial charge on any atom is 0.254 e. The normalized spacial score (nSPS) is 17.1. The van der Waals surface area contributed by atoms with Gasteiger partial charge in [0.15, 0.2) is 0 Å². The lowest BCUT2D eigenvalue weighted by molar-refractivity contribution is -0.0978. The Hall–Kier alpha value is -1.20. The molecule has 18 heavy (non-hydrogen) atoms. The Bertz CT molecular complexity index is 489. The van der Waals surface area contributed by atoms with E-state index in [1.54, 1.807) is 0 Å². The Morgan fingerprint density at radius 3 is 2.67 bits per heavy atom. The Morgan fingerprint density at radius 1 is 1.44 bits per heavy atom. The van der Waals surface area contributed by atoms with Crippen LogP contribution in [0.4, 0.5) is 8.78 Å². The molecule has 0 unspecified atom stereocenters. The fourth-order valence-electron chi connectivity index (χ4n) is 1.64. The molecule has 1 aliphatic rings. The van der Waals surface area contributed by atoms with Crippen LogP contribution in [-0.2, 0) is 4.74 Å². The molecule has 1 aromatic rings. The van der Waals surface area contributed by atoms with Gasteiger partial charge >= 0.3 is 0 Å². The number of carbonyl (C=O) groups is 1. The molecular weight excluding hydrogens is 264 g/mol. The second kappa shape index (κ2) is 4.82. The van der Waals surface area contributed by atoms with Gasteiger partial charge in [-0.3, -0.25) is 4.79 Å². The lowest BCUT2D eigenvalue weighted by Gasteiger charge is -2.38. The van der Waals surface area contributed by atoms with E-state index in [9.17, 15) is 13.6 Å². The van der Waals surface area contributed by atoms with E-state index in [1.165, 1.54) is 0 Å². The average molecular weight is 276 g/mol. The first-order chi connectivity index (χ1) is 8.41. The van der Waals surface area contributed by atoms with Crippen LogP contribution in [0.25, 0.3) is 0 Å². The van der Waals surface area contributed by atoms with Crippen molar-refractivity contribution in [2.24, 2.45) is 5.41 Å². The summed E-state index contributed by atoms with van der Waals surface area (Å²) in [5.74, 6) is -2.31. The van der Waals surface area contributed by atoms with E-state index in [2.05, 4.69) is 5.32 Å². The summed E-state index contributed by atoms with van der Waals surface area (Å²) >= 11 is 5.41. The predicted molar refractivity (Wildman–Crippen MR) is 62.6 cm³/mol. The van der Waals surface area contributed by atoms with Gasteiger partial charge in [-0.15, -0.1) is 0 Å². The second-order valence-electron chi connectivity index (χ2n) is 4.73. The zero-order valence-electron chi connectivity index (χ0n) is 9.73. The number of carbonyl (C=O) groups excluding carboxylic acids is 1. The molecule has 1 heterocycles. The monoisotopic (exact) mass is 275 g/mol. The number of nitrogens with one attached hydrogen (secondary N) is 1. The Balaban J connectivity index is 2.06. The SMILES string of the molecule is CC1(CNC(=O)c2cc(F)c(Cl)cc2F)COC1. The van der Waals surface area contributed by atoms with Crippen LogP contribution in [0.2, 0.25) is 5.02 Å². The van der Waals surface area contributed by atoms with Crippen molar-refractivity contribution in [3.8, 4) is 0 Å². The molecule has 0 bridgehead atoms. The van der Waals surface area contributed by atoms with Crippen molar-refractivity contribution in [3.63, 3.8) is 0 Å². The third-order valence-electron chi connectivity index (χ3n) is 2.83. The second-order valence-corrected chi connectivity index (χ2v) is 5.14. The van der Waals surface area contributed by atoms with E-state index < -0.39 is 17.5 Å². The summed E-state index contributed by atoms with van der Waals surface area (Å²) in [5, 5.41) is 2.22. The van der Waals surface area contributed by atoms with Crippen molar-refractivity contribution in [3.05, 3.63) is 34.4 Å². The molecule has 0 radical (unpaired) electrons. The van der Waals surface area contributed by atoms with Gasteiger partial charge in [0.05, 0.1) is 23.8 Å². The summed E-state index contributed by atoms with van der Waals surface area (Å²) in [5.41, 5.74) is -0.474. The molecule has 6 heteroatoms. The van der Waals surface area contributed by atoms with Crippen LogP contribution >= 0.6 is 11.6 Å². The molecule has 2 rings (SSSR count). The third-order valence-corrected chi connectivity index (χ3v) is 3.12. The van der Waals surface area contributed by atoms with Gasteiger partial charge in [-0.25, -0.2) is 8.78 Å². The van der Waals surface area contributed by atoms with Gasteiger partial charge in [0.25, 0.3) is 5.91 Å². The van der Waals surface area contributed by atoms with Gasteiger partial charge in [0.1, 0.15) is 11.6 Å². The minimum atomic E-state index is -0.839. The van der Waals surface area contributed by atoms with E-state index in [0.717, 1.165) is 12.1 Å². The lowest BCUT2D eigenvalue weighted by Crippen LogP contribution is -2.48. The highest BCUT2D eigenvalue weighted by atomic mass is 35.5. The number of benzene rings is 1. The molecular formula is C12H12ClF2NO2. The summed E-state index contributed by atoms with van der Waals surface area (Å²) in [4.78, 5) is 11.7. The smallest absolute Gasteiger partial charge is 0.254 e. The maximum atomic E-state index is 13.5. The van der Waals surface area contributed by atoms with Crippen molar-refractivity contribution in [2.45, 2.75) is 6.92 Å². The molecule has 1 N–H and O–H groups in total. The minimum absolute atomic E-state index is 0.128. The molecule has 1 aromatic carbocycles. The molecule has 98 valence electrons. The van der Waals surface area contributed by atoms with Crippen molar-refractivity contribution in [1.82, 2.24) is 5.32 Å². The largest absolute Gasteiger partial charge is 0.380 e. The predicted octanol–water partition coefficient (Wildman–Crippen LogP) is 2.38. The molecule has 3 nitrogen and oxygen atoms in total. The first kappa shape index (κ1) is 13.2. The van der Waals surface area contributed by atoms with Gasteiger partial charge in [-0.2, -0.15) is 0 Å². The van der Waals surface area contributed by atoms with Gasteiger partial charge in [-0.1, -0.05) is 18.5 Å². The Morgan fingerprint density at radius 2 is 2.11 bits per heavy atom. The Labute approximate surface area is 108 Å². The number of ether oxygens (including phenoxy) is 1. The van der Waals surface area contributed by atoms with E-state index >= 15 is 0 Å². The van der Waals surface area contributed by atoms with Gasteiger partial charge in [-0.05, 0) is 12.1 Å². The molecule has 0 atom stereocenters. The summed E-state index contributed by atoms with van der Waals surface area (Å²) in [6.07, 6.45) is 0. The van der Waals surface area contributed by atoms with Crippen LogP contribution in [0.5, 0.6) is 0 Å². The van der Waals surface area contributed by atoms with Crippen LogP contribution in [0.1, 0.15) is 17.3 Å². The van der Waals surface area contributed by atoms with Crippen LogP contribution < -0.4 is 5.32 Å². The van der Waals surface area contributed by atoms with Crippen molar-refractivity contribution < 1.29 is 18.3 Å². The highest BCUT2D eigenvalue weighted by molar-refractivity contribution is 6.30.